The van der Waals surface area contributed by atoms with E-state index in [1.165, 1.54) is 17.7 Å². The first-order valence-corrected chi connectivity index (χ1v) is 9.47. The van der Waals surface area contributed by atoms with Gasteiger partial charge in [0.1, 0.15) is 11.6 Å². The van der Waals surface area contributed by atoms with E-state index < -0.39 is 5.97 Å². The third-order valence-electron chi connectivity index (χ3n) is 4.89. The molecule has 2 aliphatic rings. The number of hydrogen-bond acceptors (Lipinski definition) is 6. The lowest BCUT2D eigenvalue weighted by Crippen LogP contribution is -2.38. The maximum absolute atomic E-state index is 13.2. The zero-order valence-corrected chi connectivity index (χ0v) is 16.0. The SMILES string of the molecule is Fc1ccc([C@@H]2CCNC[C@H]2COc2ccc3c(c2)OCO3)cc1.NCC(=O)O. The Labute approximate surface area is 168 Å². The summed E-state index contributed by atoms with van der Waals surface area (Å²) in [5.74, 6) is 1.82. The second kappa shape index (κ2) is 10.1. The molecule has 2 aromatic rings. The van der Waals surface area contributed by atoms with Gasteiger partial charge >= 0.3 is 5.97 Å². The van der Waals surface area contributed by atoms with Gasteiger partial charge in [-0.1, -0.05) is 12.1 Å². The summed E-state index contributed by atoms with van der Waals surface area (Å²) in [7, 11) is 0. The number of halogens is 1. The lowest BCUT2D eigenvalue weighted by Gasteiger charge is -2.32. The Kier molecular flexibility index (Phi) is 7.26. The molecule has 0 radical (unpaired) electrons. The summed E-state index contributed by atoms with van der Waals surface area (Å²) in [6, 6.07) is 12.5. The standard InChI is InChI=1S/C19H20FNO3.C2H5NO2/c20-15-3-1-13(2-4-15)17-7-8-21-10-14(17)11-22-16-5-6-18-19(9-16)24-12-23-18;3-1-2(4)5/h1-6,9,14,17,21H,7-8,10-12H2;1,3H2,(H,4,5)/t14-,17-;/m0./s1. The summed E-state index contributed by atoms with van der Waals surface area (Å²) in [4.78, 5) is 9.24. The van der Waals surface area contributed by atoms with Crippen LogP contribution < -0.4 is 25.3 Å². The number of carboxylic acid groups (broad SMARTS) is 1. The fourth-order valence-electron chi connectivity index (χ4n) is 3.42. The van der Waals surface area contributed by atoms with Crippen LogP contribution in [0.25, 0.3) is 0 Å². The molecule has 0 amide bonds. The molecule has 2 atom stereocenters. The van der Waals surface area contributed by atoms with Crippen LogP contribution in [0.2, 0.25) is 0 Å². The molecular weight excluding hydrogens is 379 g/mol. The Morgan fingerprint density at radius 2 is 1.93 bits per heavy atom. The molecule has 0 aliphatic carbocycles. The largest absolute Gasteiger partial charge is 0.493 e. The lowest BCUT2D eigenvalue weighted by atomic mass is 9.81. The smallest absolute Gasteiger partial charge is 0.317 e. The van der Waals surface area contributed by atoms with Gasteiger partial charge in [0.2, 0.25) is 6.79 Å². The van der Waals surface area contributed by atoms with Crippen LogP contribution in [0.15, 0.2) is 42.5 Å². The summed E-state index contributed by atoms with van der Waals surface area (Å²) < 4.78 is 29.9. The van der Waals surface area contributed by atoms with Gasteiger partial charge in [0.15, 0.2) is 11.5 Å². The number of nitrogens with one attached hydrogen (secondary N) is 1. The van der Waals surface area contributed by atoms with Crippen molar-refractivity contribution in [2.45, 2.75) is 12.3 Å². The summed E-state index contributed by atoms with van der Waals surface area (Å²) in [5.41, 5.74) is 5.75. The van der Waals surface area contributed by atoms with Gasteiger partial charge in [-0.2, -0.15) is 0 Å². The molecule has 4 N–H and O–H groups in total. The van der Waals surface area contributed by atoms with E-state index in [1.807, 2.05) is 30.3 Å². The monoisotopic (exact) mass is 404 g/mol. The average molecular weight is 404 g/mol. The Bertz CT molecular complexity index is 815. The zero-order valence-electron chi connectivity index (χ0n) is 16.0. The number of nitrogens with two attached hydrogens (primary N) is 1. The molecule has 29 heavy (non-hydrogen) atoms. The molecular formula is C21H25FN2O5. The number of ether oxygens (including phenoxy) is 3. The second-order valence-electron chi connectivity index (χ2n) is 6.83. The van der Waals surface area contributed by atoms with Gasteiger partial charge < -0.3 is 30.4 Å². The van der Waals surface area contributed by atoms with E-state index in [0.717, 1.165) is 36.8 Å². The van der Waals surface area contributed by atoms with E-state index >= 15 is 0 Å². The number of piperidine rings is 1. The van der Waals surface area contributed by atoms with Crippen molar-refractivity contribution < 1.29 is 28.5 Å². The predicted octanol–water partition coefficient (Wildman–Crippen LogP) is 2.36. The first kappa shape index (κ1) is 20.9. The highest BCUT2D eigenvalue weighted by atomic mass is 19.1. The topological polar surface area (TPSA) is 103 Å². The molecule has 2 aliphatic heterocycles. The molecule has 0 bridgehead atoms. The van der Waals surface area contributed by atoms with Crippen LogP contribution in [0.5, 0.6) is 17.2 Å². The summed E-state index contributed by atoms with van der Waals surface area (Å²) in [5, 5.41) is 11.0. The van der Waals surface area contributed by atoms with Crippen molar-refractivity contribution in [1.82, 2.24) is 5.32 Å². The maximum Gasteiger partial charge on any atom is 0.317 e. The van der Waals surface area contributed by atoms with Crippen molar-refractivity contribution >= 4 is 5.97 Å². The van der Waals surface area contributed by atoms with E-state index in [9.17, 15) is 9.18 Å². The molecule has 2 heterocycles. The number of rotatable bonds is 5. The molecule has 2 aromatic carbocycles. The van der Waals surface area contributed by atoms with Gasteiger partial charge in [-0.3, -0.25) is 4.79 Å². The third-order valence-corrected chi connectivity index (χ3v) is 4.89. The molecule has 0 spiro atoms. The molecule has 4 rings (SSSR count). The van der Waals surface area contributed by atoms with Gasteiger partial charge in [0.25, 0.3) is 0 Å². The molecule has 0 aromatic heterocycles. The minimum absolute atomic E-state index is 0.194. The molecule has 0 unspecified atom stereocenters. The number of aliphatic carboxylic acids is 1. The molecule has 1 saturated heterocycles. The summed E-state index contributed by atoms with van der Waals surface area (Å²) in [6.45, 7) is 2.46. The average Bonchev–Trinajstić information content (AvgIpc) is 3.21. The van der Waals surface area contributed by atoms with Crippen molar-refractivity contribution in [2.75, 3.05) is 33.0 Å². The van der Waals surface area contributed by atoms with Crippen molar-refractivity contribution in [2.24, 2.45) is 11.7 Å². The van der Waals surface area contributed by atoms with Crippen molar-refractivity contribution in [3.05, 3.63) is 53.8 Å². The number of fused-ring (bicyclic) bond motifs is 1. The van der Waals surface area contributed by atoms with Crippen LogP contribution in [-0.2, 0) is 4.79 Å². The minimum Gasteiger partial charge on any atom is -0.493 e. The fourth-order valence-corrected chi connectivity index (χ4v) is 3.42. The van der Waals surface area contributed by atoms with Crippen LogP contribution in [0.4, 0.5) is 4.39 Å². The number of carboxylic acids is 1. The molecule has 156 valence electrons. The molecule has 8 heteroatoms. The van der Waals surface area contributed by atoms with Gasteiger partial charge in [-0.25, -0.2) is 4.39 Å². The van der Waals surface area contributed by atoms with Crippen molar-refractivity contribution in [3.63, 3.8) is 0 Å². The van der Waals surface area contributed by atoms with Crippen LogP contribution >= 0.6 is 0 Å². The zero-order chi connectivity index (χ0) is 20.6. The molecule has 0 saturated carbocycles. The lowest BCUT2D eigenvalue weighted by molar-refractivity contribution is -0.135. The normalized spacial score (nSPS) is 19.8. The maximum atomic E-state index is 13.2. The number of carbonyl (C=O) groups is 1. The van der Waals surface area contributed by atoms with Gasteiger partial charge in [0, 0.05) is 18.5 Å². The Hall–Kier alpha value is -2.84. The van der Waals surface area contributed by atoms with Crippen molar-refractivity contribution in [1.29, 1.82) is 0 Å². The predicted molar refractivity (Wildman–Crippen MR) is 105 cm³/mol. The first-order chi connectivity index (χ1) is 14.1. The van der Waals surface area contributed by atoms with Gasteiger partial charge in [0.05, 0.1) is 13.2 Å². The highest BCUT2D eigenvalue weighted by Crippen LogP contribution is 2.36. The Morgan fingerprint density at radius 3 is 2.66 bits per heavy atom. The van der Waals surface area contributed by atoms with E-state index in [2.05, 4.69) is 11.1 Å². The quantitative estimate of drug-likeness (QED) is 0.703. The van der Waals surface area contributed by atoms with Gasteiger partial charge in [-0.15, -0.1) is 0 Å². The number of benzene rings is 2. The van der Waals surface area contributed by atoms with E-state index in [0.29, 0.717) is 18.4 Å². The Morgan fingerprint density at radius 1 is 1.21 bits per heavy atom. The fraction of sp³-hybridized carbons (Fsp3) is 0.381. The second-order valence-corrected chi connectivity index (χ2v) is 6.83. The van der Waals surface area contributed by atoms with E-state index in [-0.39, 0.29) is 19.2 Å². The van der Waals surface area contributed by atoms with Crippen LogP contribution in [0.1, 0.15) is 17.9 Å². The molecule has 1 fully saturated rings. The summed E-state index contributed by atoms with van der Waals surface area (Å²) >= 11 is 0. The highest BCUT2D eigenvalue weighted by molar-refractivity contribution is 5.68. The third kappa shape index (κ3) is 5.82. The van der Waals surface area contributed by atoms with E-state index in [4.69, 9.17) is 19.3 Å². The van der Waals surface area contributed by atoms with Gasteiger partial charge in [-0.05, 0) is 48.7 Å². The first-order valence-electron chi connectivity index (χ1n) is 9.47. The van der Waals surface area contributed by atoms with Crippen LogP contribution in [0.3, 0.4) is 0 Å². The highest BCUT2D eigenvalue weighted by Gasteiger charge is 2.27. The number of hydrogen-bond donors (Lipinski definition) is 3. The summed E-state index contributed by atoms with van der Waals surface area (Å²) in [6.07, 6.45) is 1.03. The Balaban J connectivity index is 0.000000431. The minimum atomic E-state index is -0.968. The van der Waals surface area contributed by atoms with Crippen LogP contribution in [-0.4, -0.2) is 44.1 Å². The van der Waals surface area contributed by atoms with Crippen molar-refractivity contribution in [3.8, 4) is 17.2 Å². The van der Waals surface area contributed by atoms with Crippen LogP contribution in [0, 0.1) is 11.7 Å². The molecule has 7 nitrogen and oxygen atoms in total. The van der Waals surface area contributed by atoms with E-state index in [1.54, 1.807) is 0 Å².